The molecule has 1 N–H and O–H groups in total. The summed E-state index contributed by atoms with van der Waals surface area (Å²) in [5.41, 5.74) is 0. The number of carbonyl (C=O) groups excluding carboxylic acids is 2. The van der Waals surface area contributed by atoms with E-state index < -0.39 is 0 Å². The van der Waals surface area contributed by atoms with Gasteiger partial charge < -0.3 is 5.32 Å². The Morgan fingerprint density at radius 2 is 2.17 bits per heavy atom. The third kappa shape index (κ3) is 2.64. The molecule has 1 rings (SSSR count). The van der Waals surface area contributed by atoms with E-state index in [1.165, 1.54) is 6.92 Å². The van der Waals surface area contributed by atoms with Crippen molar-refractivity contribution in [3.05, 3.63) is 0 Å². The van der Waals surface area contributed by atoms with Crippen LogP contribution in [0.4, 0.5) is 0 Å². The molecule has 68 valence electrons. The van der Waals surface area contributed by atoms with Gasteiger partial charge in [0, 0.05) is 13.3 Å². The van der Waals surface area contributed by atoms with Crippen molar-refractivity contribution in [2.24, 2.45) is 0 Å². The number of ketones is 1. The molecule has 0 bridgehead atoms. The van der Waals surface area contributed by atoms with Crippen LogP contribution in [0.25, 0.3) is 0 Å². The summed E-state index contributed by atoms with van der Waals surface area (Å²) in [7, 11) is 0. The first kappa shape index (κ1) is 9.23. The quantitative estimate of drug-likeness (QED) is 0.596. The lowest BCUT2D eigenvalue weighted by atomic mass is 10.1. The molecule has 1 saturated carbocycles. The first-order chi connectivity index (χ1) is 5.70. The van der Waals surface area contributed by atoms with E-state index in [9.17, 15) is 9.59 Å². The molecule has 3 nitrogen and oxygen atoms in total. The molecule has 1 fully saturated rings. The van der Waals surface area contributed by atoms with Crippen molar-refractivity contribution in [2.75, 3.05) is 0 Å². The molecule has 0 aliphatic heterocycles. The van der Waals surface area contributed by atoms with Gasteiger partial charge in [0.15, 0.2) is 5.78 Å². The van der Waals surface area contributed by atoms with Crippen LogP contribution in [-0.2, 0) is 9.59 Å². The Bertz CT molecular complexity index is 189. The van der Waals surface area contributed by atoms with E-state index in [1.807, 2.05) is 0 Å². The van der Waals surface area contributed by atoms with E-state index >= 15 is 0 Å². The summed E-state index contributed by atoms with van der Waals surface area (Å²) in [5.74, 6) is 0.0953. The summed E-state index contributed by atoms with van der Waals surface area (Å²) >= 11 is 0. The molecule has 0 aromatic rings. The van der Waals surface area contributed by atoms with E-state index in [0.717, 1.165) is 25.7 Å². The Kier molecular flexibility index (Phi) is 3.26. The number of hydrogen-bond donors (Lipinski definition) is 1. The number of Topliss-reactive ketones (excluding diaryl/α,β-unsaturated/α-hetero) is 1. The van der Waals surface area contributed by atoms with Gasteiger partial charge in [-0.05, 0) is 12.8 Å². The molecule has 3 heteroatoms. The number of amides is 1. The molecule has 0 aromatic heterocycles. The molecule has 0 radical (unpaired) electrons. The molecule has 1 atom stereocenters. The van der Waals surface area contributed by atoms with Crippen LogP contribution < -0.4 is 5.32 Å². The van der Waals surface area contributed by atoms with Crippen molar-refractivity contribution in [1.82, 2.24) is 5.32 Å². The standard InChI is InChI=1S/C9H15NO2/c1-7(11)10-8-5-3-2-4-6-9(8)12/h8H,2-6H2,1H3,(H,10,11). The second-order valence-electron chi connectivity index (χ2n) is 3.32. The van der Waals surface area contributed by atoms with E-state index in [2.05, 4.69) is 5.32 Å². The van der Waals surface area contributed by atoms with Crippen LogP contribution in [-0.4, -0.2) is 17.7 Å². The third-order valence-corrected chi connectivity index (χ3v) is 2.18. The number of rotatable bonds is 1. The topological polar surface area (TPSA) is 46.2 Å². The third-order valence-electron chi connectivity index (χ3n) is 2.18. The van der Waals surface area contributed by atoms with Crippen molar-refractivity contribution in [3.8, 4) is 0 Å². The zero-order chi connectivity index (χ0) is 8.97. The Morgan fingerprint density at radius 1 is 1.42 bits per heavy atom. The van der Waals surface area contributed by atoms with Gasteiger partial charge in [-0.2, -0.15) is 0 Å². The van der Waals surface area contributed by atoms with Crippen molar-refractivity contribution in [2.45, 2.75) is 45.1 Å². The van der Waals surface area contributed by atoms with Gasteiger partial charge in [-0.15, -0.1) is 0 Å². The number of nitrogens with one attached hydrogen (secondary N) is 1. The highest BCUT2D eigenvalue weighted by Gasteiger charge is 2.20. The fourth-order valence-electron chi connectivity index (χ4n) is 1.56. The predicted octanol–water partition coefficient (Wildman–Crippen LogP) is 1.02. The van der Waals surface area contributed by atoms with Gasteiger partial charge >= 0.3 is 0 Å². The maximum absolute atomic E-state index is 11.3. The SMILES string of the molecule is CC(=O)NC1CCCCCC1=O. The van der Waals surface area contributed by atoms with Crippen LogP contribution in [0, 0.1) is 0 Å². The maximum atomic E-state index is 11.3. The molecule has 1 aliphatic carbocycles. The molecule has 0 aromatic carbocycles. The molecule has 0 heterocycles. The lowest BCUT2D eigenvalue weighted by Gasteiger charge is -2.12. The minimum Gasteiger partial charge on any atom is -0.347 e. The zero-order valence-corrected chi connectivity index (χ0v) is 7.43. The highest BCUT2D eigenvalue weighted by atomic mass is 16.2. The van der Waals surface area contributed by atoms with Gasteiger partial charge in [0.2, 0.25) is 5.91 Å². The molecule has 0 saturated heterocycles. The van der Waals surface area contributed by atoms with Crippen LogP contribution in [0.5, 0.6) is 0 Å². The second kappa shape index (κ2) is 4.24. The van der Waals surface area contributed by atoms with Crippen molar-refractivity contribution < 1.29 is 9.59 Å². The van der Waals surface area contributed by atoms with E-state index in [1.54, 1.807) is 0 Å². The fourth-order valence-corrected chi connectivity index (χ4v) is 1.56. The molecular weight excluding hydrogens is 154 g/mol. The van der Waals surface area contributed by atoms with Gasteiger partial charge in [0.05, 0.1) is 6.04 Å². The highest BCUT2D eigenvalue weighted by molar-refractivity contribution is 5.88. The van der Waals surface area contributed by atoms with E-state index in [0.29, 0.717) is 6.42 Å². The molecule has 1 unspecified atom stereocenters. The Balaban J connectivity index is 2.47. The summed E-state index contributed by atoms with van der Waals surface area (Å²) in [4.78, 5) is 22.0. The lowest BCUT2D eigenvalue weighted by molar-refractivity contribution is -0.126. The van der Waals surface area contributed by atoms with Gasteiger partial charge in [-0.25, -0.2) is 0 Å². The van der Waals surface area contributed by atoms with Crippen LogP contribution in [0.1, 0.15) is 39.0 Å². The van der Waals surface area contributed by atoms with Gasteiger partial charge in [0.1, 0.15) is 0 Å². The van der Waals surface area contributed by atoms with Gasteiger partial charge in [-0.3, -0.25) is 9.59 Å². The average Bonchev–Trinajstić information content (AvgIpc) is 2.16. The fraction of sp³-hybridized carbons (Fsp3) is 0.778. The van der Waals surface area contributed by atoms with Gasteiger partial charge in [0.25, 0.3) is 0 Å². The number of hydrogen-bond acceptors (Lipinski definition) is 2. The Hall–Kier alpha value is -0.860. The predicted molar refractivity (Wildman–Crippen MR) is 45.7 cm³/mol. The molecule has 12 heavy (non-hydrogen) atoms. The maximum Gasteiger partial charge on any atom is 0.217 e. The van der Waals surface area contributed by atoms with Crippen LogP contribution >= 0.6 is 0 Å². The second-order valence-corrected chi connectivity index (χ2v) is 3.32. The summed E-state index contributed by atoms with van der Waals surface area (Å²) in [6.07, 6.45) is 4.59. The van der Waals surface area contributed by atoms with E-state index in [4.69, 9.17) is 0 Å². The monoisotopic (exact) mass is 169 g/mol. The first-order valence-corrected chi connectivity index (χ1v) is 4.50. The minimum atomic E-state index is -0.204. The molecular formula is C9H15NO2. The molecule has 0 spiro atoms. The normalized spacial score (nSPS) is 24.8. The summed E-state index contributed by atoms with van der Waals surface area (Å²) in [6.45, 7) is 1.46. The van der Waals surface area contributed by atoms with Crippen LogP contribution in [0.2, 0.25) is 0 Å². The first-order valence-electron chi connectivity index (χ1n) is 4.50. The summed E-state index contributed by atoms with van der Waals surface area (Å²) in [6, 6.07) is -0.204. The summed E-state index contributed by atoms with van der Waals surface area (Å²) < 4.78 is 0. The average molecular weight is 169 g/mol. The Morgan fingerprint density at radius 3 is 2.83 bits per heavy atom. The van der Waals surface area contributed by atoms with Crippen LogP contribution in [0.15, 0.2) is 0 Å². The smallest absolute Gasteiger partial charge is 0.217 e. The molecule has 1 aliphatic rings. The van der Waals surface area contributed by atoms with E-state index in [-0.39, 0.29) is 17.7 Å². The zero-order valence-electron chi connectivity index (χ0n) is 7.43. The van der Waals surface area contributed by atoms with Gasteiger partial charge in [-0.1, -0.05) is 12.8 Å². The molecule has 1 amide bonds. The number of carbonyl (C=O) groups is 2. The largest absolute Gasteiger partial charge is 0.347 e. The lowest BCUT2D eigenvalue weighted by Crippen LogP contribution is -2.38. The van der Waals surface area contributed by atoms with Crippen molar-refractivity contribution >= 4 is 11.7 Å². The van der Waals surface area contributed by atoms with Crippen molar-refractivity contribution in [1.29, 1.82) is 0 Å². The minimum absolute atomic E-state index is 0.102. The van der Waals surface area contributed by atoms with Crippen LogP contribution in [0.3, 0.4) is 0 Å². The summed E-state index contributed by atoms with van der Waals surface area (Å²) in [5, 5.41) is 2.68. The van der Waals surface area contributed by atoms with Crippen molar-refractivity contribution in [3.63, 3.8) is 0 Å². The Labute approximate surface area is 72.5 Å². The highest BCUT2D eigenvalue weighted by Crippen LogP contribution is 2.14.